The van der Waals surface area contributed by atoms with Crippen molar-refractivity contribution in [1.29, 1.82) is 0 Å². The van der Waals surface area contributed by atoms with Crippen LogP contribution in [0.1, 0.15) is 16.7 Å². The van der Waals surface area contributed by atoms with Gasteiger partial charge in [0.25, 0.3) is 0 Å². The first-order valence-electron chi connectivity index (χ1n) is 5.91. The van der Waals surface area contributed by atoms with Gasteiger partial charge in [0.1, 0.15) is 5.82 Å². The van der Waals surface area contributed by atoms with Gasteiger partial charge in [0.05, 0.1) is 11.4 Å². The van der Waals surface area contributed by atoms with E-state index < -0.39 is 0 Å². The molecule has 3 N–H and O–H groups in total. The van der Waals surface area contributed by atoms with E-state index in [1.807, 2.05) is 0 Å². The van der Waals surface area contributed by atoms with E-state index >= 15 is 0 Å². The molecule has 1 atom stereocenters. The highest BCUT2D eigenvalue weighted by Gasteiger charge is 2.07. The van der Waals surface area contributed by atoms with Crippen LogP contribution in [0.4, 0.5) is 15.8 Å². The third-order valence-electron chi connectivity index (χ3n) is 2.72. The zero-order chi connectivity index (χ0) is 13.1. The first kappa shape index (κ1) is 12.9. The smallest absolute Gasteiger partial charge is 0.125 e. The molecule has 1 heterocycles. The molecular weight excluding hydrogens is 247 g/mol. The van der Waals surface area contributed by atoms with Gasteiger partial charge in [-0.05, 0) is 44.2 Å². The fraction of sp³-hybridized carbons (Fsp3) is 0.286. The van der Waals surface area contributed by atoms with Gasteiger partial charge in [-0.3, -0.25) is 0 Å². The Bertz CT molecular complexity index is 536. The van der Waals surface area contributed by atoms with Crippen molar-refractivity contribution in [3.63, 3.8) is 0 Å². The topological polar surface area (TPSA) is 38.0 Å². The van der Waals surface area contributed by atoms with E-state index in [0.29, 0.717) is 5.69 Å². The molecule has 1 aromatic heterocycles. The maximum atomic E-state index is 12.9. The summed E-state index contributed by atoms with van der Waals surface area (Å²) < 4.78 is 12.9. The monoisotopic (exact) mass is 264 g/mol. The molecule has 4 heteroatoms. The summed E-state index contributed by atoms with van der Waals surface area (Å²) in [5, 5.41) is 3.31. The van der Waals surface area contributed by atoms with Gasteiger partial charge >= 0.3 is 0 Å². The average Bonchev–Trinajstić information content (AvgIpc) is 2.68. The zero-order valence-corrected chi connectivity index (χ0v) is 11.4. The highest BCUT2D eigenvalue weighted by atomic mass is 32.1. The molecule has 1 unspecified atom stereocenters. The standard InChI is InChI=1S/C14H17FN2S/c1-9(7-12-5-3-10(2)18-12)17-14-6-4-11(15)8-13(14)16/h3-6,8-9,17H,7,16H2,1-2H3. The van der Waals surface area contributed by atoms with Crippen molar-refractivity contribution in [2.45, 2.75) is 26.3 Å². The van der Waals surface area contributed by atoms with Gasteiger partial charge in [0, 0.05) is 22.2 Å². The first-order valence-corrected chi connectivity index (χ1v) is 6.73. The Labute approximate surface area is 111 Å². The van der Waals surface area contributed by atoms with Crippen LogP contribution in [0.5, 0.6) is 0 Å². The average molecular weight is 264 g/mol. The molecule has 0 bridgehead atoms. The Hall–Kier alpha value is -1.55. The van der Waals surface area contributed by atoms with Crippen molar-refractivity contribution < 1.29 is 4.39 Å². The van der Waals surface area contributed by atoms with Crippen molar-refractivity contribution in [2.75, 3.05) is 11.1 Å². The van der Waals surface area contributed by atoms with Crippen molar-refractivity contribution >= 4 is 22.7 Å². The van der Waals surface area contributed by atoms with E-state index in [-0.39, 0.29) is 11.9 Å². The molecule has 0 fully saturated rings. The number of rotatable bonds is 4. The Morgan fingerprint density at radius 3 is 2.72 bits per heavy atom. The largest absolute Gasteiger partial charge is 0.397 e. The summed E-state index contributed by atoms with van der Waals surface area (Å²) in [6.07, 6.45) is 0.940. The molecule has 2 aromatic rings. The summed E-state index contributed by atoms with van der Waals surface area (Å²) in [5.41, 5.74) is 7.00. The zero-order valence-electron chi connectivity index (χ0n) is 10.5. The Morgan fingerprint density at radius 1 is 1.33 bits per heavy atom. The molecule has 0 aliphatic rings. The number of nitrogens with one attached hydrogen (secondary N) is 1. The van der Waals surface area contributed by atoms with Crippen LogP contribution in [0, 0.1) is 12.7 Å². The van der Waals surface area contributed by atoms with Gasteiger partial charge in [-0.2, -0.15) is 0 Å². The number of thiophene rings is 1. The summed E-state index contributed by atoms with van der Waals surface area (Å²) in [6.45, 7) is 4.20. The van der Waals surface area contributed by atoms with Crippen molar-refractivity contribution in [2.24, 2.45) is 0 Å². The lowest BCUT2D eigenvalue weighted by atomic mass is 10.2. The molecule has 2 nitrogen and oxygen atoms in total. The molecule has 0 saturated carbocycles. The van der Waals surface area contributed by atoms with E-state index in [2.05, 4.69) is 31.3 Å². The van der Waals surface area contributed by atoms with E-state index in [4.69, 9.17) is 5.73 Å². The van der Waals surface area contributed by atoms with Crippen LogP contribution in [-0.2, 0) is 6.42 Å². The molecule has 96 valence electrons. The summed E-state index contributed by atoms with van der Waals surface area (Å²) in [6, 6.07) is 8.97. The van der Waals surface area contributed by atoms with E-state index in [0.717, 1.165) is 12.1 Å². The summed E-state index contributed by atoms with van der Waals surface area (Å²) in [7, 11) is 0. The van der Waals surface area contributed by atoms with Crippen LogP contribution in [0.2, 0.25) is 0 Å². The maximum absolute atomic E-state index is 12.9. The maximum Gasteiger partial charge on any atom is 0.125 e. The van der Waals surface area contributed by atoms with Gasteiger partial charge in [0.15, 0.2) is 0 Å². The molecule has 0 aliphatic carbocycles. The minimum Gasteiger partial charge on any atom is -0.397 e. The molecule has 0 saturated heterocycles. The van der Waals surface area contributed by atoms with Gasteiger partial charge in [-0.1, -0.05) is 0 Å². The normalized spacial score (nSPS) is 12.4. The molecule has 18 heavy (non-hydrogen) atoms. The lowest BCUT2D eigenvalue weighted by Crippen LogP contribution is -2.18. The number of aryl methyl sites for hydroxylation is 1. The van der Waals surface area contributed by atoms with Crippen LogP contribution in [0.25, 0.3) is 0 Å². The van der Waals surface area contributed by atoms with Gasteiger partial charge in [0.2, 0.25) is 0 Å². The second-order valence-electron chi connectivity index (χ2n) is 4.49. The predicted molar refractivity (Wildman–Crippen MR) is 76.7 cm³/mol. The van der Waals surface area contributed by atoms with Crippen molar-refractivity contribution in [3.05, 3.63) is 45.9 Å². The number of hydrogen-bond acceptors (Lipinski definition) is 3. The lowest BCUT2D eigenvalue weighted by molar-refractivity contribution is 0.628. The number of nitrogen functional groups attached to an aromatic ring is 1. The fourth-order valence-corrected chi connectivity index (χ4v) is 2.90. The molecule has 0 radical (unpaired) electrons. The number of halogens is 1. The van der Waals surface area contributed by atoms with Crippen LogP contribution in [0.3, 0.4) is 0 Å². The Kier molecular flexibility index (Phi) is 3.87. The van der Waals surface area contributed by atoms with Crippen LogP contribution in [-0.4, -0.2) is 6.04 Å². The van der Waals surface area contributed by atoms with Crippen LogP contribution >= 0.6 is 11.3 Å². The molecule has 0 amide bonds. The van der Waals surface area contributed by atoms with Crippen LogP contribution < -0.4 is 11.1 Å². The minimum atomic E-state index is -0.306. The van der Waals surface area contributed by atoms with Crippen molar-refractivity contribution in [3.8, 4) is 0 Å². The third-order valence-corrected chi connectivity index (χ3v) is 3.74. The number of benzene rings is 1. The van der Waals surface area contributed by atoms with Gasteiger partial charge < -0.3 is 11.1 Å². The fourth-order valence-electron chi connectivity index (χ4n) is 1.88. The summed E-state index contributed by atoms with van der Waals surface area (Å²) >= 11 is 1.80. The first-order chi connectivity index (χ1) is 8.54. The number of anilines is 2. The summed E-state index contributed by atoms with van der Waals surface area (Å²) in [4.78, 5) is 2.66. The van der Waals surface area contributed by atoms with E-state index in [9.17, 15) is 4.39 Å². The highest BCUT2D eigenvalue weighted by Crippen LogP contribution is 2.22. The predicted octanol–water partition coefficient (Wildman–Crippen LogP) is 3.82. The molecule has 1 aromatic carbocycles. The second-order valence-corrected chi connectivity index (χ2v) is 5.87. The minimum absolute atomic E-state index is 0.260. The highest BCUT2D eigenvalue weighted by molar-refractivity contribution is 7.11. The van der Waals surface area contributed by atoms with E-state index in [1.54, 1.807) is 17.4 Å². The van der Waals surface area contributed by atoms with Gasteiger partial charge in [-0.25, -0.2) is 4.39 Å². The quantitative estimate of drug-likeness (QED) is 0.824. The third kappa shape index (κ3) is 3.23. The molecule has 0 aliphatic heterocycles. The molecule has 2 rings (SSSR count). The SMILES string of the molecule is Cc1ccc(CC(C)Nc2ccc(F)cc2N)s1. The van der Waals surface area contributed by atoms with Crippen LogP contribution in [0.15, 0.2) is 30.3 Å². The Balaban J connectivity index is 2.00. The number of hydrogen-bond donors (Lipinski definition) is 2. The second kappa shape index (κ2) is 5.40. The number of nitrogens with two attached hydrogens (primary N) is 1. The Morgan fingerprint density at radius 2 is 2.11 bits per heavy atom. The molecule has 0 spiro atoms. The lowest BCUT2D eigenvalue weighted by Gasteiger charge is -2.16. The van der Waals surface area contributed by atoms with Gasteiger partial charge in [-0.15, -0.1) is 11.3 Å². The molecular formula is C14H17FN2S. The van der Waals surface area contributed by atoms with E-state index in [1.165, 1.54) is 21.9 Å². The van der Waals surface area contributed by atoms with Crippen molar-refractivity contribution in [1.82, 2.24) is 0 Å². The summed E-state index contributed by atoms with van der Waals surface area (Å²) in [5.74, 6) is -0.306.